The molecule has 8 nitrogen and oxygen atoms in total. The van der Waals surface area contributed by atoms with Gasteiger partial charge >= 0.3 is 5.97 Å². The van der Waals surface area contributed by atoms with Gasteiger partial charge in [-0.1, -0.05) is 23.7 Å². The molecule has 0 radical (unpaired) electrons. The van der Waals surface area contributed by atoms with Crippen molar-refractivity contribution in [3.63, 3.8) is 0 Å². The number of hydrogen-bond acceptors (Lipinski definition) is 5. The molecule has 0 spiro atoms. The lowest BCUT2D eigenvalue weighted by atomic mass is 10.1. The lowest BCUT2D eigenvalue weighted by Crippen LogP contribution is -2.14. The van der Waals surface area contributed by atoms with Gasteiger partial charge in [-0.15, -0.1) is 0 Å². The van der Waals surface area contributed by atoms with Gasteiger partial charge in [0.25, 0.3) is 11.6 Å². The van der Waals surface area contributed by atoms with Gasteiger partial charge in [0.1, 0.15) is 16.7 Å². The topological polar surface area (TPSA) is 133 Å². The van der Waals surface area contributed by atoms with E-state index >= 15 is 0 Å². The zero-order valence-corrected chi connectivity index (χ0v) is 13.7. The van der Waals surface area contributed by atoms with Crippen LogP contribution in [0, 0.1) is 21.4 Å². The summed E-state index contributed by atoms with van der Waals surface area (Å²) in [6, 6.07) is 11.0. The van der Waals surface area contributed by atoms with E-state index < -0.39 is 16.8 Å². The van der Waals surface area contributed by atoms with Crippen LogP contribution in [0.25, 0.3) is 6.08 Å². The number of halogens is 1. The molecule has 2 rings (SSSR count). The monoisotopic (exact) mass is 371 g/mol. The Bertz CT molecular complexity index is 979. The van der Waals surface area contributed by atoms with Gasteiger partial charge < -0.3 is 10.4 Å². The van der Waals surface area contributed by atoms with E-state index in [-0.39, 0.29) is 33.1 Å². The van der Waals surface area contributed by atoms with Crippen LogP contribution in [-0.2, 0) is 4.79 Å². The molecule has 2 aromatic carbocycles. The largest absolute Gasteiger partial charge is 0.478 e. The average molecular weight is 372 g/mol. The van der Waals surface area contributed by atoms with Crippen molar-refractivity contribution in [2.24, 2.45) is 0 Å². The molecule has 0 atom stereocenters. The average Bonchev–Trinajstić information content (AvgIpc) is 2.60. The molecule has 2 N–H and O–H groups in total. The van der Waals surface area contributed by atoms with Gasteiger partial charge in [-0.05, 0) is 35.9 Å². The predicted molar refractivity (Wildman–Crippen MR) is 93.7 cm³/mol. The number of carboxylic acids is 1. The van der Waals surface area contributed by atoms with Crippen LogP contribution in [0.3, 0.4) is 0 Å². The molecule has 26 heavy (non-hydrogen) atoms. The van der Waals surface area contributed by atoms with Gasteiger partial charge in [0.15, 0.2) is 0 Å². The fourth-order valence-electron chi connectivity index (χ4n) is 2.00. The molecule has 0 aromatic heterocycles. The molecule has 130 valence electrons. The number of nitro groups is 1. The quantitative estimate of drug-likeness (QED) is 0.357. The van der Waals surface area contributed by atoms with Gasteiger partial charge in [0.2, 0.25) is 0 Å². The smallest absolute Gasteiger partial charge is 0.335 e. The Balaban J connectivity index is 2.29. The van der Waals surface area contributed by atoms with E-state index in [1.165, 1.54) is 42.5 Å². The molecule has 0 aliphatic carbocycles. The highest BCUT2D eigenvalue weighted by molar-refractivity contribution is 6.32. The number of aromatic carboxylic acids is 1. The highest BCUT2D eigenvalue weighted by Gasteiger charge is 2.15. The van der Waals surface area contributed by atoms with E-state index in [4.69, 9.17) is 16.7 Å². The van der Waals surface area contributed by atoms with Crippen molar-refractivity contribution in [3.05, 3.63) is 74.3 Å². The Kier molecular flexibility index (Phi) is 5.67. The molecule has 2 aromatic rings. The van der Waals surface area contributed by atoms with Crippen molar-refractivity contribution >= 4 is 40.9 Å². The summed E-state index contributed by atoms with van der Waals surface area (Å²) in [6.45, 7) is 0. The maximum absolute atomic E-state index is 12.2. The van der Waals surface area contributed by atoms with Crippen LogP contribution in [0.1, 0.15) is 15.9 Å². The van der Waals surface area contributed by atoms with E-state index in [1.54, 1.807) is 6.07 Å². The minimum absolute atomic E-state index is 0.0291. The second-order valence-electron chi connectivity index (χ2n) is 4.98. The predicted octanol–water partition coefficient (Wildman–Crippen LogP) is 3.49. The first kappa shape index (κ1) is 18.6. The van der Waals surface area contributed by atoms with Gasteiger partial charge in [-0.25, -0.2) is 4.79 Å². The minimum Gasteiger partial charge on any atom is -0.478 e. The summed E-state index contributed by atoms with van der Waals surface area (Å²) in [5.41, 5.74) is -0.265. The van der Waals surface area contributed by atoms with Gasteiger partial charge in [0.05, 0.1) is 10.5 Å². The lowest BCUT2D eigenvalue weighted by molar-refractivity contribution is -0.384. The summed E-state index contributed by atoms with van der Waals surface area (Å²) in [5.74, 6) is -1.95. The van der Waals surface area contributed by atoms with E-state index in [9.17, 15) is 25.0 Å². The van der Waals surface area contributed by atoms with Crippen LogP contribution in [0.2, 0.25) is 5.02 Å². The van der Waals surface area contributed by atoms with Crippen LogP contribution >= 0.6 is 11.6 Å². The van der Waals surface area contributed by atoms with Crippen molar-refractivity contribution in [1.29, 1.82) is 5.26 Å². The molecule has 1 amide bonds. The molecular weight excluding hydrogens is 362 g/mol. The summed E-state index contributed by atoms with van der Waals surface area (Å²) in [7, 11) is 0. The molecule has 0 heterocycles. The summed E-state index contributed by atoms with van der Waals surface area (Å²) >= 11 is 5.72. The molecule has 0 bridgehead atoms. The lowest BCUT2D eigenvalue weighted by Gasteiger charge is -2.05. The van der Waals surface area contributed by atoms with Gasteiger partial charge in [-0.3, -0.25) is 14.9 Å². The zero-order valence-electron chi connectivity index (χ0n) is 13.0. The van der Waals surface area contributed by atoms with Gasteiger partial charge in [0, 0.05) is 11.8 Å². The zero-order chi connectivity index (χ0) is 19.3. The Hall–Kier alpha value is -3.70. The number of nitro benzene ring substituents is 1. The number of amides is 1. The van der Waals surface area contributed by atoms with E-state index in [0.29, 0.717) is 0 Å². The van der Waals surface area contributed by atoms with E-state index in [0.717, 1.165) is 6.07 Å². The third kappa shape index (κ3) is 4.43. The summed E-state index contributed by atoms with van der Waals surface area (Å²) in [6.07, 6.45) is 1.17. The van der Waals surface area contributed by atoms with Crippen molar-refractivity contribution in [2.75, 3.05) is 5.32 Å². The van der Waals surface area contributed by atoms with Crippen LogP contribution in [0.15, 0.2) is 48.0 Å². The van der Waals surface area contributed by atoms with Crippen molar-refractivity contribution in [3.8, 4) is 6.07 Å². The normalized spacial score (nSPS) is 10.7. The highest BCUT2D eigenvalue weighted by Crippen LogP contribution is 2.26. The van der Waals surface area contributed by atoms with Crippen molar-refractivity contribution in [1.82, 2.24) is 0 Å². The van der Waals surface area contributed by atoms with Crippen LogP contribution < -0.4 is 5.32 Å². The van der Waals surface area contributed by atoms with Crippen LogP contribution in [0.4, 0.5) is 11.4 Å². The SMILES string of the molecule is N#C/C(=C/c1ccc(Cl)c([N+](=O)[O-])c1)C(=O)Nc1cccc(C(=O)O)c1. The van der Waals surface area contributed by atoms with Crippen molar-refractivity contribution in [2.45, 2.75) is 0 Å². The Labute approximate surface area is 152 Å². The number of nitrogens with zero attached hydrogens (tertiary/aromatic N) is 2. The number of carbonyl (C=O) groups excluding carboxylic acids is 1. The third-order valence-corrected chi connectivity index (χ3v) is 3.53. The minimum atomic E-state index is -1.16. The van der Waals surface area contributed by atoms with Crippen molar-refractivity contribution < 1.29 is 19.6 Å². The third-order valence-electron chi connectivity index (χ3n) is 3.21. The molecular formula is C17H10ClN3O5. The number of nitrogens with one attached hydrogen (secondary N) is 1. The fraction of sp³-hybridized carbons (Fsp3) is 0. The molecule has 0 saturated heterocycles. The first-order valence-corrected chi connectivity index (χ1v) is 7.40. The Morgan fingerprint density at radius 1 is 1.27 bits per heavy atom. The van der Waals surface area contributed by atoms with Crippen LogP contribution in [-0.4, -0.2) is 21.9 Å². The highest BCUT2D eigenvalue weighted by atomic mass is 35.5. The van der Waals surface area contributed by atoms with E-state index in [1.807, 2.05) is 0 Å². The van der Waals surface area contributed by atoms with Gasteiger partial charge in [-0.2, -0.15) is 5.26 Å². The number of carbonyl (C=O) groups is 2. The van der Waals surface area contributed by atoms with E-state index in [2.05, 4.69) is 5.32 Å². The van der Waals surface area contributed by atoms with Crippen LogP contribution in [0.5, 0.6) is 0 Å². The molecule has 0 unspecified atom stereocenters. The Morgan fingerprint density at radius 3 is 2.62 bits per heavy atom. The summed E-state index contributed by atoms with van der Waals surface area (Å²) in [5, 5.41) is 31.4. The second-order valence-corrected chi connectivity index (χ2v) is 5.39. The molecule has 0 aliphatic rings. The first-order valence-electron chi connectivity index (χ1n) is 7.02. The Morgan fingerprint density at radius 2 is 2.00 bits per heavy atom. The number of anilines is 1. The summed E-state index contributed by atoms with van der Waals surface area (Å²) in [4.78, 5) is 33.4. The number of rotatable bonds is 5. The number of nitriles is 1. The summed E-state index contributed by atoms with van der Waals surface area (Å²) < 4.78 is 0. The first-order chi connectivity index (χ1) is 12.3. The number of benzene rings is 2. The molecule has 0 fully saturated rings. The fourth-order valence-corrected chi connectivity index (χ4v) is 2.19. The molecule has 9 heteroatoms. The second kappa shape index (κ2) is 7.92. The standard InChI is InChI=1S/C17H10ClN3O5/c18-14-5-4-10(7-15(14)21(25)26)6-12(9-19)16(22)20-13-3-1-2-11(8-13)17(23)24/h1-8H,(H,20,22)(H,23,24)/b12-6-. The molecule has 0 aliphatic heterocycles. The number of carboxylic acid groups (broad SMARTS) is 1. The maximum Gasteiger partial charge on any atom is 0.335 e. The number of hydrogen-bond donors (Lipinski definition) is 2. The molecule has 0 saturated carbocycles. The maximum atomic E-state index is 12.2.